The van der Waals surface area contributed by atoms with Crippen molar-refractivity contribution in [3.05, 3.63) is 0 Å². The summed E-state index contributed by atoms with van der Waals surface area (Å²) >= 11 is 0. The fourth-order valence-electron chi connectivity index (χ4n) is 2.98. The standard InChI is InChI=1S/2C6H13N.C5H11N.CH4/c2*1-7-5-3-2-4-6-7;1-6-4-2-3-5-6;/h2*2-6H2,1H3;2-5H2,1H3;1H4. The molecule has 0 N–H and O–H groups in total. The van der Waals surface area contributed by atoms with E-state index in [-0.39, 0.29) is 7.43 Å². The fraction of sp³-hybridized carbons (Fsp3) is 1.00. The van der Waals surface area contributed by atoms with Crippen molar-refractivity contribution >= 4 is 0 Å². The minimum Gasteiger partial charge on any atom is -0.306 e. The summed E-state index contributed by atoms with van der Waals surface area (Å²) in [7, 11) is 6.56. The van der Waals surface area contributed by atoms with Gasteiger partial charge in [0.15, 0.2) is 0 Å². The van der Waals surface area contributed by atoms with E-state index < -0.39 is 0 Å². The predicted octanol–water partition coefficient (Wildman–Crippen LogP) is 3.55. The maximum absolute atomic E-state index is 2.39. The Kier molecular flexibility index (Phi) is 13.5. The Hall–Kier alpha value is -0.120. The highest BCUT2D eigenvalue weighted by molar-refractivity contribution is 4.60. The molecule has 3 nitrogen and oxygen atoms in total. The molecule has 3 aliphatic rings. The molecule has 0 aromatic heterocycles. The molecule has 3 fully saturated rings. The van der Waals surface area contributed by atoms with E-state index in [1.54, 1.807) is 0 Å². The Morgan fingerprint density at radius 2 is 0.571 bits per heavy atom. The van der Waals surface area contributed by atoms with E-state index in [1.165, 1.54) is 90.6 Å². The Bertz CT molecular complexity index is 187. The molecular formula is C18H41N3. The summed E-state index contributed by atoms with van der Waals surface area (Å²) in [5.74, 6) is 0. The summed E-state index contributed by atoms with van der Waals surface area (Å²) in [4.78, 5) is 7.15. The molecule has 0 saturated carbocycles. The number of piperidine rings is 2. The number of rotatable bonds is 0. The van der Waals surface area contributed by atoms with Gasteiger partial charge in [-0.3, -0.25) is 0 Å². The first-order chi connectivity index (χ1) is 9.68. The average molecular weight is 300 g/mol. The Balaban J connectivity index is 0.000000280. The van der Waals surface area contributed by atoms with Crippen molar-refractivity contribution in [1.29, 1.82) is 0 Å². The zero-order valence-corrected chi connectivity index (χ0v) is 14.2. The molecule has 21 heavy (non-hydrogen) atoms. The van der Waals surface area contributed by atoms with Gasteiger partial charge in [0.25, 0.3) is 0 Å². The highest BCUT2D eigenvalue weighted by Crippen LogP contribution is 2.05. The first-order valence-electron chi connectivity index (χ1n) is 8.74. The number of likely N-dealkylation sites (tertiary alicyclic amines) is 3. The first-order valence-corrected chi connectivity index (χ1v) is 8.74. The topological polar surface area (TPSA) is 9.72 Å². The summed E-state index contributed by atoms with van der Waals surface area (Å²) in [5, 5.41) is 0. The molecule has 3 heteroatoms. The van der Waals surface area contributed by atoms with Gasteiger partial charge < -0.3 is 14.7 Å². The molecule has 0 aliphatic carbocycles. The molecule has 0 aromatic rings. The monoisotopic (exact) mass is 299 g/mol. The molecule has 0 unspecified atom stereocenters. The van der Waals surface area contributed by atoms with Gasteiger partial charge in [0.05, 0.1) is 0 Å². The average Bonchev–Trinajstić information content (AvgIpc) is 2.93. The van der Waals surface area contributed by atoms with Crippen molar-refractivity contribution in [2.75, 3.05) is 60.4 Å². The molecule has 3 saturated heterocycles. The molecule has 3 rings (SSSR count). The van der Waals surface area contributed by atoms with E-state index in [0.29, 0.717) is 0 Å². The van der Waals surface area contributed by atoms with E-state index in [9.17, 15) is 0 Å². The van der Waals surface area contributed by atoms with Gasteiger partial charge in [-0.15, -0.1) is 0 Å². The van der Waals surface area contributed by atoms with Crippen LogP contribution in [0.5, 0.6) is 0 Å². The highest BCUT2D eigenvalue weighted by atomic mass is 15.1. The summed E-state index contributed by atoms with van der Waals surface area (Å²) < 4.78 is 0. The summed E-state index contributed by atoms with van der Waals surface area (Å²) in [6.07, 6.45) is 11.4. The Labute approximate surface area is 134 Å². The fourth-order valence-corrected chi connectivity index (χ4v) is 2.98. The predicted molar refractivity (Wildman–Crippen MR) is 96.2 cm³/mol. The third-order valence-corrected chi connectivity index (χ3v) is 4.49. The van der Waals surface area contributed by atoms with Crippen LogP contribution >= 0.6 is 0 Å². The minimum atomic E-state index is 0. The van der Waals surface area contributed by atoms with E-state index in [0.717, 1.165) is 0 Å². The normalized spacial score (nSPS) is 24.1. The van der Waals surface area contributed by atoms with Crippen molar-refractivity contribution in [3.63, 3.8) is 0 Å². The maximum atomic E-state index is 2.39. The van der Waals surface area contributed by atoms with Crippen LogP contribution in [-0.4, -0.2) is 75.1 Å². The molecule has 0 bridgehead atoms. The number of hydrogen-bond acceptors (Lipinski definition) is 3. The van der Waals surface area contributed by atoms with Crippen LogP contribution in [0.25, 0.3) is 0 Å². The lowest BCUT2D eigenvalue weighted by Gasteiger charge is -2.20. The van der Waals surface area contributed by atoms with Gasteiger partial charge in [0.1, 0.15) is 0 Å². The lowest BCUT2D eigenvalue weighted by atomic mass is 10.1. The number of hydrogen-bond donors (Lipinski definition) is 0. The quantitative estimate of drug-likeness (QED) is 0.677. The summed E-state index contributed by atoms with van der Waals surface area (Å²) in [6.45, 7) is 7.92. The van der Waals surface area contributed by atoms with Crippen molar-refractivity contribution in [2.45, 2.75) is 58.8 Å². The van der Waals surface area contributed by atoms with Crippen molar-refractivity contribution in [1.82, 2.24) is 14.7 Å². The van der Waals surface area contributed by atoms with Crippen LogP contribution in [0.15, 0.2) is 0 Å². The molecule has 0 spiro atoms. The van der Waals surface area contributed by atoms with Crippen LogP contribution in [0.2, 0.25) is 0 Å². The van der Waals surface area contributed by atoms with Gasteiger partial charge in [-0.05, 0) is 98.9 Å². The van der Waals surface area contributed by atoms with Crippen LogP contribution in [0, 0.1) is 0 Å². The maximum Gasteiger partial charge on any atom is -0.00213 e. The van der Waals surface area contributed by atoms with Crippen molar-refractivity contribution < 1.29 is 0 Å². The second kappa shape index (κ2) is 13.5. The van der Waals surface area contributed by atoms with Crippen LogP contribution < -0.4 is 0 Å². The first kappa shape index (κ1) is 20.9. The van der Waals surface area contributed by atoms with Gasteiger partial charge >= 0.3 is 0 Å². The van der Waals surface area contributed by atoms with E-state index in [1.807, 2.05) is 0 Å². The van der Waals surface area contributed by atoms with Crippen molar-refractivity contribution in [3.8, 4) is 0 Å². The van der Waals surface area contributed by atoms with Gasteiger partial charge in [-0.2, -0.15) is 0 Å². The third kappa shape index (κ3) is 12.1. The molecule has 0 aromatic carbocycles. The Morgan fingerprint density at radius 3 is 0.667 bits per heavy atom. The van der Waals surface area contributed by atoms with Gasteiger partial charge in [0.2, 0.25) is 0 Å². The summed E-state index contributed by atoms with van der Waals surface area (Å²) in [5.41, 5.74) is 0. The minimum absolute atomic E-state index is 0. The Morgan fingerprint density at radius 1 is 0.381 bits per heavy atom. The van der Waals surface area contributed by atoms with Crippen LogP contribution in [0.4, 0.5) is 0 Å². The largest absolute Gasteiger partial charge is 0.306 e. The van der Waals surface area contributed by atoms with Crippen LogP contribution in [0.1, 0.15) is 58.8 Å². The smallest absolute Gasteiger partial charge is 0.00213 e. The highest BCUT2D eigenvalue weighted by Gasteiger charge is 2.03. The van der Waals surface area contributed by atoms with Crippen molar-refractivity contribution in [2.24, 2.45) is 0 Å². The SMILES string of the molecule is C.CN1CCCC1.CN1CCCCC1.CN1CCCCC1. The van der Waals surface area contributed by atoms with E-state index in [4.69, 9.17) is 0 Å². The third-order valence-electron chi connectivity index (χ3n) is 4.49. The van der Waals surface area contributed by atoms with Crippen LogP contribution in [0.3, 0.4) is 0 Å². The second-order valence-corrected chi connectivity index (χ2v) is 6.74. The lowest BCUT2D eigenvalue weighted by Crippen LogP contribution is -2.24. The van der Waals surface area contributed by atoms with Crippen LogP contribution in [-0.2, 0) is 0 Å². The molecular weight excluding hydrogens is 258 g/mol. The summed E-state index contributed by atoms with van der Waals surface area (Å²) in [6, 6.07) is 0. The molecule has 3 heterocycles. The van der Waals surface area contributed by atoms with E-state index >= 15 is 0 Å². The molecule has 0 atom stereocenters. The molecule has 3 aliphatic heterocycles. The lowest BCUT2D eigenvalue weighted by molar-refractivity contribution is 0.277. The van der Waals surface area contributed by atoms with Gasteiger partial charge in [-0.25, -0.2) is 0 Å². The number of nitrogens with zero attached hydrogens (tertiary/aromatic N) is 3. The molecule has 128 valence electrons. The molecule has 0 radical (unpaired) electrons. The van der Waals surface area contributed by atoms with Gasteiger partial charge in [0, 0.05) is 0 Å². The zero-order valence-electron chi connectivity index (χ0n) is 14.2. The second-order valence-electron chi connectivity index (χ2n) is 6.74. The zero-order chi connectivity index (χ0) is 14.6. The molecule has 0 amide bonds. The van der Waals surface area contributed by atoms with E-state index in [2.05, 4.69) is 35.8 Å². The van der Waals surface area contributed by atoms with Gasteiger partial charge in [-0.1, -0.05) is 20.3 Å².